The average Bonchev–Trinajstić information content (AvgIpc) is 3.49. The Morgan fingerprint density at radius 1 is 0.973 bits per heavy atom. The van der Waals surface area contributed by atoms with Gasteiger partial charge in [-0.15, -0.1) is 0 Å². The summed E-state index contributed by atoms with van der Waals surface area (Å²) in [6, 6.07) is 11.0. The predicted molar refractivity (Wildman–Crippen MR) is 135 cm³/mol. The highest BCUT2D eigenvalue weighted by Gasteiger charge is 2.33. The zero-order valence-electron chi connectivity index (χ0n) is 20.0. The number of aryl methyl sites for hydroxylation is 2. The minimum atomic E-state index is -4.65. The smallest absolute Gasteiger partial charge is 0.361 e. The van der Waals surface area contributed by atoms with Crippen molar-refractivity contribution in [2.45, 2.75) is 33.0 Å². The summed E-state index contributed by atoms with van der Waals surface area (Å²) in [5, 5.41) is 9.35. The minimum absolute atomic E-state index is 0.0816. The first-order chi connectivity index (χ1) is 17.7. The van der Waals surface area contributed by atoms with E-state index >= 15 is 0 Å². The van der Waals surface area contributed by atoms with Gasteiger partial charge in [0.1, 0.15) is 0 Å². The fourth-order valence-corrected chi connectivity index (χ4v) is 5.83. The molecule has 186 valence electrons. The molecule has 0 saturated carbocycles. The van der Waals surface area contributed by atoms with Gasteiger partial charge >= 0.3 is 6.18 Å². The summed E-state index contributed by atoms with van der Waals surface area (Å²) in [5.41, 5.74) is 5.96. The first-order valence-electron chi connectivity index (χ1n) is 12.0. The molecule has 0 aliphatic carbocycles. The van der Waals surface area contributed by atoms with Crippen LogP contribution in [-0.2, 0) is 19.1 Å². The Labute approximate surface area is 208 Å². The highest BCUT2D eigenvalue weighted by Crippen LogP contribution is 2.41. The van der Waals surface area contributed by atoms with E-state index in [0.29, 0.717) is 31.8 Å². The van der Waals surface area contributed by atoms with Gasteiger partial charge in [0.05, 0.1) is 22.3 Å². The lowest BCUT2D eigenvalue weighted by Crippen LogP contribution is -2.31. The van der Waals surface area contributed by atoms with Crippen molar-refractivity contribution in [3.8, 4) is 0 Å². The van der Waals surface area contributed by atoms with Crippen LogP contribution in [0.5, 0.6) is 0 Å². The van der Waals surface area contributed by atoms with E-state index in [9.17, 15) is 17.6 Å². The normalized spacial score (nSPS) is 14.4. The van der Waals surface area contributed by atoms with Crippen molar-refractivity contribution in [3.63, 3.8) is 0 Å². The van der Waals surface area contributed by atoms with Gasteiger partial charge in [0.2, 0.25) is 0 Å². The summed E-state index contributed by atoms with van der Waals surface area (Å²) < 4.78 is 56.1. The van der Waals surface area contributed by atoms with E-state index in [2.05, 4.69) is 48.1 Å². The second-order valence-corrected chi connectivity index (χ2v) is 9.74. The Balaban J connectivity index is 1.51. The van der Waals surface area contributed by atoms with Crippen LogP contribution in [0.3, 0.4) is 0 Å². The summed E-state index contributed by atoms with van der Waals surface area (Å²) in [6.07, 6.45) is -1.51. The van der Waals surface area contributed by atoms with Crippen LogP contribution < -0.4 is 4.90 Å². The molecule has 7 rings (SSSR count). The summed E-state index contributed by atoms with van der Waals surface area (Å²) in [7, 11) is 0. The number of aromatic nitrogens is 4. The van der Waals surface area contributed by atoms with Crippen LogP contribution in [-0.4, -0.2) is 26.1 Å². The van der Waals surface area contributed by atoms with E-state index in [0.717, 1.165) is 60.5 Å². The number of anilines is 1. The molecule has 5 heterocycles. The van der Waals surface area contributed by atoms with E-state index < -0.39 is 17.6 Å². The Morgan fingerprint density at radius 3 is 2.59 bits per heavy atom. The maximum absolute atomic E-state index is 14.9. The lowest BCUT2D eigenvalue weighted by atomic mass is 9.95. The van der Waals surface area contributed by atoms with Crippen molar-refractivity contribution in [2.24, 2.45) is 0 Å². The number of hydrogen-bond donors (Lipinski definition) is 1. The minimum Gasteiger partial charge on any atom is -0.361 e. The highest BCUT2D eigenvalue weighted by molar-refractivity contribution is 6.23. The molecule has 5 nitrogen and oxygen atoms in total. The molecule has 1 aliphatic heterocycles. The molecule has 0 radical (unpaired) electrons. The zero-order valence-corrected chi connectivity index (χ0v) is 20.0. The van der Waals surface area contributed by atoms with E-state index in [1.165, 1.54) is 0 Å². The molecule has 0 amide bonds. The van der Waals surface area contributed by atoms with Crippen molar-refractivity contribution in [1.82, 2.24) is 19.6 Å². The molecule has 0 spiro atoms. The van der Waals surface area contributed by atoms with Gasteiger partial charge in [-0.2, -0.15) is 18.3 Å². The lowest BCUT2D eigenvalue weighted by molar-refractivity contribution is -0.138. The summed E-state index contributed by atoms with van der Waals surface area (Å²) in [4.78, 5) is 8.93. The molecule has 0 atom stereocenters. The van der Waals surface area contributed by atoms with Crippen molar-refractivity contribution in [2.75, 3.05) is 11.4 Å². The molecular formula is C28H21F4N5. The fourth-order valence-electron chi connectivity index (χ4n) is 5.83. The van der Waals surface area contributed by atoms with E-state index in [-0.39, 0.29) is 5.82 Å². The quantitative estimate of drug-likeness (QED) is 0.197. The number of halogens is 4. The van der Waals surface area contributed by atoms with Crippen molar-refractivity contribution in [3.05, 3.63) is 82.6 Å². The number of para-hydroxylation sites is 1. The van der Waals surface area contributed by atoms with Gasteiger partial charge in [-0.05, 0) is 48.6 Å². The number of benzene rings is 2. The number of fused-ring (bicyclic) bond motifs is 10. The molecule has 0 saturated heterocycles. The SMILES string of the molecule is Cc1cc2c3cccc(C)c3n3nc4c(c3c2c2cc[nH]c12)CN(c1ncc(C(F)(F)F)cc1F)CC4. The molecule has 37 heavy (non-hydrogen) atoms. The molecule has 2 aromatic carbocycles. The number of H-pyrrole nitrogens is 1. The maximum atomic E-state index is 14.9. The Hall–Kier alpha value is -4.14. The van der Waals surface area contributed by atoms with E-state index in [1.807, 2.05) is 16.8 Å². The summed E-state index contributed by atoms with van der Waals surface area (Å²) in [6.45, 7) is 4.83. The second kappa shape index (κ2) is 7.44. The molecule has 1 N–H and O–H groups in total. The van der Waals surface area contributed by atoms with Gasteiger partial charge in [-0.3, -0.25) is 0 Å². The number of pyridine rings is 2. The third kappa shape index (κ3) is 3.09. The van der Waals surface area contributed by atoms with Gasteiger partial charge in [0, 0.05) is 59.1 Å². The predicted octanol–water partition coefficient (Wildman–Crippen LogP) is 6.85. The zero-order chi connectivity index (χ0) is 25.6. The lowest BCUT2D eigenvalue weighted by Gasteiger charge is -2.28. The third-order valence-corrected chi connectivity index (χ3v) is 7.50. The monoisotopic (exact) mass is 503 g/mol. The van der Waals surface area contributed by atoms with Crippen LogP contribution in [0, 0.1) is 19.7 Å². The number of alkyl halides is 3. The molecule has 6 aromatic rings. The first-order valence-corrected chi connectivity index (χ1v) is 12.0. The second-order valence-electron chi connectivity index (χ2n) is 9.74. The maximum Gasteiger partial charge on any atom is 0.417 e. The van der Waals surface area contributed by atoms with Crippen LogP contribution in [0.15, 0.2) is 48.8 Å². The molecule has 0 fully saturated rings. The largest absolute Gasteiger partial charge is 0.417 e. The fraction of sp³-hybridized carbons (Fsp3) is 0.214. The average molecular weight is 504 g/mol. The Bertz CT molecular complexity index is 1900. The topological polar surface area (TPSA) is 49.2 Å². The van der Waals surface area contributed by atoms with E-state index in [4.69, 9.17) is 5.10 Å². The third-order valence-electron chi connectivity index (χ3n) is 7.50. The molecule has 1 aliphatic rings. The highest BCUT2D eigenvalue weighted by atomic mass is 19.4. The summed E-state index contributed by atoms with van der Waals surface area (Å²) >= 11 is 0. The molecule has 4 aromatic heterocycles. The van der Waals surface area contributed by atoms with Crippen LogP contribution in [0.4, 0.5) is 23.4 Å². The van der Waals surface area contributed by atoms with Crippen LogP contribution in [0.25, 0.3) is 38.1 Å². The molecule has 0 bridgehead atoms. The van der Waals surface area contributed by atoms with Crippen molar-refractivity contribution in [1.29, 1.82) is 0 Å². The van der Waals surface area contributed by atoms with Crippen molar-refractivity contribution < 1.29 is 17.6 Å². The number of rotatable bonds is 1. The van der Waals surface area contributed by atoms with Crippen LogP contribution in [0.1, 0.15) is 27.9 Å². The van der Waals surface area contributed by atoms with E-state index in [1.54, 1.807) is 4.90 Å². The Kier molecular flexibility index (Phi) is 4.44. The standard InChI is InChI=1S/C28H21F4N5/c1-14-4-3-5-17-19-10-15(2)24-18(6-8-33-24)23(19)26-20-13-36(9-7-22(20)35-37(26)25(14)17)27-21(29)11-16(12-34-27)28(30,31)32/h3-6,8,10-12,33H,7,9,13H2,1-2H3. The van der Waals surface area contributed by atoms with Crippen LogP contribution in [0.2, 0.25) is 0 Å². The van der Waals surface area contributed by atoms with Gasteiger partial charge < -0.3 is 9.88 Å². The summed E-state index contributed by atoms with van der Waals surface area (Å²) in [5.74, 6) is -1.06. The van der Waals surface area contributed by atoms with Crippen molar-refractivity contribution >= 4 is 43.9 Å². The van der Waals surface area contributed by atoms with Gasteiger partial charge in [0.25, 0.3) is 0 Å². The first kappa shape index (κ1) is 22.1. The van der Waals surface area contributed by atoms with Crippen LogP contribution >= 0.6 is 0 Å². The van der Waals surface area contributed by atoms with Gasteiger partial charge in [-0.1, -0.05) is 18.2 Å². The molecular weight excluding hydrogens is 482 g/mol. The van der Waals surface area contributed by atoms with Gasteiger partial charge in [-0.25, -0.2) is 13.9 Å². The van der Waals surface area contributed by atoms with Gasteiger partial charge in [0.15, 0.2) is 11.6 Å². The number of nitrogens with one attached hydrogen (secondary N) is 1. The molecule has 9 heteroatoms. The Morgan fingerprint density at radius 2 is 1.81 bits per heavy atom. The number of hydrogen-bond acceptors (Lipinski definition) is 3. The molecule has 0 unspecified atom stereocenters. The number of nitrogens with zero attached hydrogens (tertiary/aromatic N) is 4. The number of aromatic amines is 1.